The number of nitrogens with zero attached hydrogens (tertiary/aromatic N) is 4. The van der Waals surface area contributed by atoms with Crippen molar-refractivity contribution in [1.29, 1.82) is 0 Å². The smallest absolute Gasteiger partial charge is 0.404 e. The fourth-order valence-electron chi connectivity index (χ4n) is 4.12. The molecule has 2 N–H and O–H groups in total. The summed E-state index contributed by atoms with van der Waals surface area (Å²) in [7, 11) is 0. The number of hydrogen-bond acceptors (Lipinski definition) is 5. The molecule has 31 heavy (non-hydrogen) atoms. The molecule has 1 aromatic carbocycles. The fraction of sp³-hybridized carbons (Fsp3) is 0.200. The van der Waals surface area contributed by atoms with E-state index in [1.807, 2.05) is 0 Å². The Morgan fingerprint density at radius 3 is 2.71 bits per heavy atom. The van der Waals surface area contributed by atoms with E-state index in [-0.39, 0.29) is 18.4 Å². The topological polar surface area (TPSA) is 106 Å². The lowest BCUT2D eigenvalue weighted by Crippen LogP contribution is -2.43. The number of imidazole rings is 1. The number of fused-ring (bicyclic) bond motifs is 3. The summed E-state index contributed by atoms with van der Waals surface area (Å²) in [5.41, 5.74) is 2.49. The van der Waals surface area contributed by atoms with Gasteiger partial charge in [-0.3, -0.25) is 0 Å². The Morgan fingerprint density at radius 2 is 1.97 bits per heavy atom. The third kappa shape index (κ3) is 3.27. The maximum atomic E-state index is 14.5. The number of rotatable bonds is 3. The largest absolute Gasteiger partial charge is 0.465 e. The Kier molecular flexibility index (Phi) is 4.38. The van der Waals surface area contributed by atoms with Crippen molar-refractivity contribution in [2.75, 3.05) is 0 Å². The van der Waals surface area contributed by atoms with Gasteiger partial charge in [0.2, 0.25) is 12.2 Å². The van der Waals surface area contributed by atoms with Crippen LogP contribution in [0.25, 0.3) is 17.0 Å². The molecule has 3 aromatic heterocycles. The van der Waals surface area contributed by atoms with E-state index in [4.69, 9.17) is 4.52 Å². The van der Waals surface area contributed by atoms with Crippen LogP contribution in [0.4, 0.5) is 18.0 Å². The molecule has 0 saturated heterocycles. The van der Waals surface area contributed by atoms with Gasteiger partial charge in [0.1, 0.15) is 11.5 Å². The van der Waals surface area contributed by atoms with Gasteiger partial charge in [0.05, 0.1) is 5.69 Å². The maximum Gasteiger partial charge on any atom is 0.404 e. The van der Waals surface area contributed by atoms with Crippen LogP contribution in [0.1, 0.15) is 22.9 Å². The first-order valence-corrected chi connectivity index (χ1v) is 9.31. The number of hydrogen-bond donors (Lipinski definition) is 2. The Hall–Kier alpha value is -3.89. The van der Waals surface area contributed by atoms with Gasteiger partial charge in [-0.25, -0.2) is 22.9 Å². The summed E-state index contributed by atoms with van der Waals surface area (Å²) in [5.74, 6) is -3.82. The molecule has 1 aliphatic carbocycles. The fourth-order valence-corrected chi connectivity index (χ4v) is 4.12. The predicted molar refractivity (Wildman–Crippen MR) is 99.9 cm³/mol. The van der Waals surface area contributed by atoms with Crippen LogP contribution in [0.3, 0.4) is 0 Å². The molecule has 5 rings (SSSR count). The summed E-state index contributed by atoms with van der Waals surface area (Å²) in [6.45, 7) is 0. The van der Waals surface area contributed by atoms with Gasteiger partial charge in [-0.1, -0.05) is 5.16 Å². The molecule has 4 aromatic rings. The third-order valence-corrected chi connectivity index (χ3v) is 5.49. The Balaban J connectivity index is 1.59. The van der Waals surface area contributed by atoms with Gasteiger partial charge in [-0.2, -0.15) is 4.98 Å². The number of benzene rings is 1. The molecule has 3 heterocycles. The van der Waals surface area contributed by atoms with Gasteiger partial charge in [0.25, 0.3) is 0 Å². The molecule has 11 heteroatoms. The molecule has 0 unspecified atom stereocenters. The Morgan fingerprint density at radius 1 is 1.16 bits per heavy atom. The van der Waals surface area contributed by atoms with E-state index in [9.17, 15) is 23.1 Å². The van der Waals surface area contributed by atoms with E-state index in [1.54, 1.807) is 22.7 Å². The molecule has 0 spiro atoms. The highest BCUT2D eigenvalue weighted by Gasteiger charge is 2.35. The number of amides is 1. The van der Waals surface area contributed by atoms with Crippen LogP contribution in [0.2, 0.25) is 0 Å². The molecule has 0 bridgehead atoms. The van der Waals surface area contributed by atoms with Crippen LogP contribution in [0.15, 0.2) is 41.4 Å². The molecular formula is C20H14F3N5O3. The van der Waals surface area contributed by atoms with Crippen molar-refractivity contribution >= 4 is 11.7 Å². The molecule has 0 radical (unpaired) electrons. The zero-order chi connectivity index (χ0) is 21.7. The molecule has 0 aliphatic heterocycles. The minimum atomic E-state index is -1.30. The molecule has 0 saturated carbocycles. The predicted octanol–water partition coefficient (Wildman–Crippen LogP) is 3.32. The highest BCUT2D eigenvalue weighted by Crippen LogP contribution is 2.35. The summed E-state index contributed by atoms with van der Waals surface area (Å²) in [6.07, 6.45) is 1.99. The van der Waals surface area contributed by atoms with Crippen molar-refractivity contribution in [2.24, 2.45) is 0 Å². The number of halogens is 3. The third-order valence-electron chi connectivity index (χ3n) is 5.49. The molecule has 158 valence electrons. The SMILES string of the molecule is O=C(O)N[C@H]1Cc2c(nc3cc(-c4ncon4)ccn23)C[C@@H]1c1cc(F)c(F)cc1F. The van der Waals surface area contributed by atoms with Crippen LogP contribution < -0.4 is 5.32 Å². The lowest BCUT2D eigenvalue weighted by Gasteiger charge is -2.31. The van der Waals surface area contributed by atoms with Crippen molar-refractivity contribution in [3.63, 3.8) is 0 Å². The van der Waals surface area contributed by atoms with Crippen LogP contribution >= 0.6 is 0 Å². The number of aromatic nitrogens is 4. The number of pyridine rings is 1. The van der Waals surface area contributed by atoms with E-state index < -0.39 is 35.5 Å². The monoisotopic (exact) mass is 429 g/mol. The molecule has 8 nitrogen and oxygen atoms in total. The average Bonchev–Trinajstić information content (AvgIpc) is 3.37. The quantitative estimate of drug-likeness (QED) is 0.484. The van der Waals surface area contributed by atoms with E-state index in [2.05, 4.69) is 20.4 Å². The van der Waals surface area contributed by atoms with Crippen molar-refractivity contribution in [1.82, 2.24) is 24.8 Å². The number of carbonyl (C=O) groups is 1. The summed E-state index contributed by atoms with van der Waals surface area (Å²) in [5, 5.41) is 15.4. The molecule has 2 atom stereocenters. The second kappa shape index (κ2) is 7.11. The zero-order valence-electron chi connectivity index (χ0n) is 15.7. The van der Waals surface area contributed by atoms with Gasteiger partial charge >= 0.3 is 6.09 Å². The van der Waals surface area contributed by atoms with E-state index in [1.165, 1.54) is 6.39 Å². The second-order valence-corrected chi connectivity index (χ2v) is 7.26. The summed E-state index contributed by atoms with van der Waals surface area (Å²) in [6, 6.07) is 4.00. The highest BCUT2D eigenvalue weighted by molar-refractivity contribution is 5.66. The van der Waals surface area contributed by atoms with E-state index in [0.29, 0.717) is 28.8 Å². The molecule has 0 fully saturated rings. The van der Waals surface area contributed by atoms with Crippen molar-refractivity contribution in [3.8, 4) is 11.4 Å². The van der Waals surface area contributed by atoms with Crippen LogP contribution in [-0.4, -0.2) is 36.8 Å². The zero-order valence-corrected chi connectivity index (χ0v) is 15.7. The molecule has 1 aliphatic rings. The standard InChI is InChI=1S/C20H14F3N5O3/c21-12-6-14(23)13(22)4-10(12)11-5-16-17(7-15(11)26-20(29)30)28-2-1-9(3-18(28)25-16)19-24-8-31-27-19/h1-4,6,8,11,15,26H,5,7H2,(H,29,30)/t11-,15+/m1/s1. The van der Waals surface area contributed by atoms with Gasteiger partial charge in [-0.05, 0) is 23.8 Å². The van der Waals surface area contributed by atoms with Gasteiger partial charge < -0.3 is 19.3 Å². The minimum absolute atomic E-state index is 0.104. The normalized spacial score (nSPS) is 18.2. The second-order valence-electron chi connectivity index (χ2n) is 7.26. The summed E-state index contributed by atoms with van der Waals surface area (Å²) < 4.78 is 48.3. The minimum Gasteiger partial charge on any atom is -0.465 e. The Labute approximate surface area is 172 Å². The summed E-state index contributed by atoms with van der Waals surface area (Å²) >= 11 is 0. The van der Waals surface area contributed by atoms with Gasteiger partial charge in [0, 0.05) is 48.3 Å². The van der Waals surface area contributed by atoms with Crippen LogP contribution in [0.5, 0.6) is 0 Å². The first-order chi connectivity index (χ1) is 14.9. The average molecular weight is 429 g/mol. The highest BCUT2D eigenvalue weighted by atomic mass is 19.2. The van der Waals surface area contributed by atoms with E-state index in [0.717, 1.165) is 11.8 Å². The first kappa shape index (κ1) is 19.1. The van der Waals surface area contributed by atoms with Crippen molar-refractivity contribution in [3.05, 3.63) is 71.3 Å². The van der Waals surface area contributed by atoms with Crippen LogP contribution in [-0.2, 0) is 12.8 Å². The lowest BCUT2D eigenvalue weighted by atomic mass is 9.80. The number of carboxylic acid groups (broad SMARTS) is 1. The maximum absolute atomic E-state index is 14.5. The van der Waals surface area contributed by atoms with Gasteiger partial charge in [0.15, 0.2) is 11.6 Å². The van der Waals surface area contributed by atoms with E-state index >= 15 is 0 Å². The van der Waals surface area contributed by atoms with Gasteiger partial charge in [-0.15, -0.1) is 0 Å². The van der Waals surface area contributed by atoms with Crippen LogP contribution in [0, 0.1) is 17.5 Å². The lowest BCUT2D eigenvalue weighted by molar-refractivity contribution is 0.186. The summed E-state index contributed by atoms with van der Waals surface area (Å²) in [4.78, 5) is 19.9. The molecular weight excluding hydrogens is 415 g/mol. The first-order valence-electron chi connectivity index (χ1n) is 9.31. The van der Waals surface area contributed by atoms with Crippen molar-refractivity contribution in [2.45, 2.75) is 24.8 Å². The van der Waals surface area contributed by atoms with Crippen molar-refractivity contribution < 1.29 is 27.6 Å². The Bertz CT molecular complexity index is 1310. The molecule has 1 amide bonds. The number of nitrogens with one attached hydrogen (secondary N) is 1.